The number of nitrogens with one attached hydrogen (secondary N) is 3. The van der Waals surface area contributed by atoms with Gasteiger partial charge in [-0.05, 0) is 107 Å². The largest absolute Gasteiger partial charge is 0.390 e. The number of hydrogen-bond acceptors (Lipinski definition) is 13. The molecule has 2 aliphatic rings. The Balaban J connectivity index is 3.08. The van der Waals surface area contributed by atoms with E-state index in [0.29, 0.717) is 0 Å². The van der Waals surface area contributed by atoms with Crippen molar-refractivity contribution in [2.75, 3.05) is 55.9 Å². The first-order valence-electron chi connectivity index (χ1n) is 31.8. The molecule has 0 aromatic heterocycles. The Morgan fingerprint density at radius 3 is 1.39 bits per heavy atom. The molecule has 4 N–H and O–H groups in total. The number of fused-ring (bicyclic) bond motifs is 1. The molecule has 2 saturated heterocycles. The van der Waals surface area contributed by atoms with Gasteiger partial charge in [0.2, 0.25) is 59.1 Å². The minimum absolute atomic E-state index is 0.125. The first kappa shape index (κ1) is 78.7. The first-order chi connectivity index (χ1) is 41.1. The molecule has 11 amide bonds. The molecule has 506 valence electrons. The number of ether oxygens (including phenoxy) is 1. The standard InChI is InChI=1S/C65H113N11O13/c1-26-28-29-41(15)55(78)54-65(88)76-50(27-2)89-44(18)53(76)63(86)69(19)34-49(77)70(20)45(30-35(3)4)58(81)68-51(39(11)12)62(85)71(21)46(31-36(5)6)57(80)66-42(16)56(79)67-43(17)59(82)72(22)47(32-37(7)8)60(83)73(23)48(33-38(9)10)61(84)74(24)52(40(13)14)64(87)75(54)25/h26-28,35-48,50-55,78H,2,29-34H2,1,3-25H3,(H,66,80)(H,67,79)(H,68,81)/b28-26+/t41-,42+,43-,44+,45+,46+,47+,48+,50-,51+,52+,53-,54+,55-/m1/s1. The van der Waals surface area contributed by atoms with Crippen LogP contribution in [0.15, 0.2) is 24.8 Å². The van der Waals surface area contributed by atoms with Crippen LogP contribution in [0.5, 0.6) is 0 Å². The third kappa shape index (κ3) is 20.3. The molecule has 0 aromatic rings. The van der Waals surface area contributed by atoms with Gasteiger partial charge in [-0.15, -0.1) is 0 Å². The fourth-order valence-corrected chi connectivity index (χ4v) is 11.7. The predicted octanol–water partition coefficient (Wildman–Crippen LogP) is 3.50. The summed E-state index contributed by atoms with van der Waals surface area (Å²) < 4.78 is 6.20. The van der Waals surface area contributed by atoms with Gasteiger partial charge in [-0.25, -0.2) is 0 Å². The molecule has 2 fully saturated rings. The molecule has 0 bridgehead atoms. The molecule has 2 heterocycles. The summed E-state index contributed by atoms with van der Waals surface area (Å²) in [6, 6.07) is -12.8. The van der Waals surface area contributed by atoms with Crippen molar-refractivity contribution >= 4 is 65.0 Å². The molecule has 0 aromatic carbocycles. The molecule has 0 unspecified atom stereocenters. The summed E-state index contributed by atoms with van der Waals surface area (Å²) in [6.07, 6.45) is 1.84. The molecular formula is C65H113N11O13. The van der Waals surface area contributed by atoms with Crippen molar-refractivity contribution in [3.05, 3.63) is 24.8 Å². The summed E-state index contributed by atoms with van der Waals surface area (Å²) in [7, 11) is 9.87. The highest BCUT2D eigenvalue weighted by atomic mass is 16.5. The fourth-order valence-electron chi connectivity index (χ4n) is 11.7. The molecule has 14 atom stereocenters. The van der Waals surface area contributed by atoms with E-state index in [1.807, 2.05) is 55.4 Å². The molecule has 24 heteroatoms. The number of nitrogens with zero attached hydrogens (tertiary/aromatic N) is 8. The van der Waals surface area contributed by atoms with Crippen LogP contribution in [0.25, 0.3) is 0 Å². The van der Waals surface area contributed by atoms with Crippen LogP contribution >= 0.6 is 0 Å². The smallest absolute Gasteiger partial charge is 0.251 e. The predicted molar refractivity (Wildman–Crippen MR) is 341 cm³/mol. The van der Waals surface area contributed by atoms with Crippen LogP contribution in [0, 0.1) is 41.4 Å². The quantitative estimate of drug-likeness (QED) is 0.171. The Morgan fingerprint density at radius 1 is 0.506 bits per heavy atom. The number of rotatable bonds is 15. The molecule has 2 aliphatic heterocycles. The van der Waals surface area contributed by atoms with Gasteiger partial charge in [0.05, 0.1) is 18.8 Å². The second-order valence-electron chi connectivity index (χ2n) is 27.3. The van der Waals surface area contributed by atoms with Crippen molar-refractivity contribution in [2.24, 2.45) is 41.4 Å². The van der Waals surface area contributed by atoms with Crippen molar-refractivity contribution in [3.63, 3.8) is 0 Å². The van der Waals surface area contributed by atoms with E-state index in [1.54, 1.807) is 60.6 Å². The average molecular weight is 1260 g/mol. The van der Waals surface area contributed by atoms with E-state index in [0.717, 1.165) is 14.7 Å². The number of aliphatic hydroxyl groups is 1. The SMILES string of the molecule is C=C[C@H]1O[C@@H](C)[C@@H]2C(=O)N(C)CC(=O)N(C)[C@@H](CC(C)C)C(=O)N[C@@H](C(C)C)C(=O)N(C)[C@@H](CC(C)C)C(=O)N[C@@H](C)C(=O)N[C@H](C)C(=O)N(C)[C@@H](CC(C)C)C(=O)N(C)[C@@H](CC(C)C)C(=O)N(C)[C@@H](C(C)C)C(=O)N(C)[C@@H]([C@H](O)[C@H](C)C/C=C/C)C(=O)N12. The van der Waals surface area contributed by atoms with E-state index in [2.05, 4.69) is 22.5 Å². The summed E-state index contributed by atoms with van der Waals surface area (Å²) in [5, 5.41) is 20.7. The molecule has 2 rings (SSSR count). The normalized spacial score (nSPS) is 28.6. The second-order valence-corrected chi connectivity index (χ2v) is 27.3. The molecular weight excluding hydrogens is 1140 g/mol. The van der Waals surface area contributed by atoms with E-state index in [9.17, 15) is 38.7 Å². The van der Waals surface area contributed by atoms with Gasteiger partial charge in [-0.3, -0.25) is 57.6 Å². The fraction of sp³-hybridized carbons (Fsp3) is 0.769. The maximum Gasteiger partial charge on any atom is 0.251 e. The summed E-state index contributed by atoms with van der Waals surface area (Å²) in [6.45, 7) is 33.0. The van der Waals surface area contributed by atoms with Crippen LogP contribution in [0.3, 0.4) is 0 Å². The van der Waals surface area contributed by atoms with Crippen molar-refractivity contribution in [1.29, 1.82) is 0 Å². The number of hydrogen-bond donors (Lipinski definition) is 4. The van der Waals surface area contributed by atoms with Crippen LogP contribution < -0.4 is 16.0 Å². The van der Waals surface area contributed by atoms with Crippen molar-refractivity contribution in [1.82, 2.24) is 55.1 Å². The van der Waals surface area contributed by atoms with Gasteiger partial charge in [-0.2, -0.15) is 0 Å². The third-order valence-corrected chi connectivity index (χ3v) is 17.1. The van der Waals surface area contributed by atoms with E-state index in [1.165, 1.54) is 93.8 Å². The van der Waals surface area contributed by atoms with Crippen LogP contribution in [-0.4, -0.2) is 244 Å². The summed E-state index contributed by atoms with van der Waals surface area (Å²) >= 11 is 0. The molecule has 0 saturated carbocycles. The minimum Gasteiger partial charge on any atom is -0.390 e. The van der Waals surface area contributed by atoms with Crippen molar-refractivity contribution < 1.29 is 62.6 Å². The van der Waals surface area contributed by atoms with Gasteiger partial charge in [0.25, 0.3) is 5.91 Å². The molecule has 89 heavy (non-hydrogen) atoms. The Hall–Kier alpha value is -6.43. The van der Waals surface area contributed by atoms with Crippen LogP contribution in [0.4, 0.5) is 0 Å². The lowest BCUT2D eigenvalue weighted by molar-refractivity contribution is -0.161. The van der Waals surface area contributed by atoms with Crippen LogP contribution in [0.1, 0.15) is 150 Å². The number of carbonyl (C=O) groups excluding carboxylic acids is 11. The number of allylic oxidation sites excluding steroid dienone is 2. The molecule has 0 spiro atoms. The highest BCUT2D eigenvalue weighted by Gasteiger charge is 2.53. The van der Waals surface area contributed by atoms with Crippen LogP contribution in [-0.2, 0) is 57.5 Å². The maximum atomic E-state index is 15.7. The summed E-state index contributed by atoms with van der Waals surface area (Å²) in [4.78, 5) is 172. The highest BCUT2D eigenvalue weighted by molar-refractivity contribution is 6.00. The van der Waals surface area contributed by atoms with Gasteiger partial charge >= 0.3 is 0 Å². The highest BCUT2D eigenvalue weighted by Crippen LogP contribution is 2.31. The second kappa shape index (κ2) is 34.7. The average Bonchev–Trinajstić information content (AvgIpc) is 3.69. The van der Waals surface area contributed by atoms with E-state index in [4.69, 9.17) is 4.74 Å². The van der Waals surface area contributed by atoms with Crippen molar-refractivity contribution in [3.8, 4) is 0 Å². The maximum absolute atomic E-state index is 15.7. The zero-order chi connectivity index (χ0) is 68.7. The summed E-state index contributed by atoms with van der Waals surface area (Å²) in [5.74, 6) is -10.1. The van der Waals surface area contributed by atoms with Gasteiger partial charge in [0.15, 0.2) is 6.23 Å². The number of aliphatic hydroxyl groups excluding tert-OH is 1. The van der Waals surface area contributed by atoms with Crippen LogP contribution in [0.2, 0.25) is 0 Å². The zero-order valence-corrected chi connectivity index (χ0v) is 58.2. The summed E-state index contributed by atoms with van der Waals surface area (Å²) in [5.41, 5.74) is 0. The topological polar surface area (TPSA) is 279 Å². The van der Waals surface area contributed by atoms with E-state index >= 15 is 19.2 Å². The Labute approximate surface area is 531 Å². The Kier molecular flexibility index (Phi) is 30.7. The van der Waals surface area contributed by atoms with Gasteiger partial charge in [0.1, 0.15) is 60.4 Å². The van der Waals surface area contributed by atoms with E-state index < -0.39 is 168 Å². The molecule has 0 aliphatic carbocycles. The first-order valence-corrected chi connectivity index (χ1v) is 31.8. The third-order valence-electron chi connectivity index (χ3n) is 17.1. The zero-order valence-electron chi connectivity index (χ0n) is 58.2. The molecule has 24 nitrogen and oxygen atoms in total. The van der Waals surface area contributed by atoms with Gasteiger partial charge < -0.3 is 60.1 Å². The van der Waals surface area contributed by atoms with Gasteiger partial charge in [0, 0.05) is 49.3 Å². The Morgan fingerprint density at radius 2 is 0.933 bits per heavy atom. The lowest BCUT2D eigenvalue weighted by atomic mass is 9.91. The number of likely N-dealkylation sites (N-methyl/N-ethyl adjacent to an activating group) is 7. The molecule has 0 radical (unpaired) electrons. The van der Waals surface area contributed by atoms with Gasteiger partial charge in [-0.1, -0.05) is 109 Å². The lowest BCUT2D eigenvalue weighted by Gasteiger charge is -2.42. The minimum atomic E-state index is -1.71. The number of amides is 11. The Bertz CT molecular complexity index is 2520. The monoisotopic (exact) mass is 1260 g/mol. The van der Waals surface area contributed by atoms with Crippen molar-refractivity contribution in [2.45, 2.75) is 229 Å². The van der Waals surface area contributed by atoms with E-state index in [-0.39, 0.29) is 55.8 Å². The number of carbonyl (C=O) groups is 11. The lowest BCUT2D eigenvalue weighted by Crippen LogP contribution is -2.64.